The van der Waals surface area contributed by atoms with Crippen LogP contribution >= 0.6 is 0 Å². The molecule has 0 spiro atoms. The molecule has 1 atom stereocenters. The number of quaternary nitrogens is 1. The zero-order chi connectivity index (χ0) is 20.1. The summed E-state index contributed by atoms with van der Waals surface area (Å²) in [5.74, 6) is 0.550. The van der Waals surface area contributed by atoms with E-state index in [2.05, 4.69) is 6.92 Å². The molecule has 3 fully saturated rings. The summed E-state index contributed by atoms with van der Waals surface area (Å²) in [6.07, 6.45) is 22.7. The van der Waals surface area contributed by atoms with Crippen molar-refractivity contribution in [2.24, 2.45) is 5.92 Å². The number of rotatable bonds is 16. The van der Waals surface area contributed by atoms with Crippen molar-refractivity contribution in [3.05, 3.63) is 0 Å². The zero-order valence-corrected chi connectivity index (χ0v) is 19.1. The van der Waals surface area contributed by atoms with Crippen molar-refractivity contribution in [3.63, 3.8) is 0 Å². The molecule has 0 aromatic carbocycles. The van der Waals surface area contributed by atoms with Crippen molar-refractivity contribution in [1.82, 2.24) is 0 Å². The van der Waals surface area contributed by atoms with E-state index >= 15 is 0 Å². The van der Waals surface area contributed by atoms with Crippen LogP contribution in [0.25, 0.3) is 0 Å². The number of carbonyl (C=O) groups is 1. The normalized spacial score (nSPS) is 26.5. The van der Waals surface area contributed by atoms with E-state index < -0.39 is 0 Å². The second kappa shape index (κ2) is 13.6. The lowest BCUT2D eigenvalue weighted by Gasteiger charge is -2.52. The van der Waals surface area contributed by atoms with Crippen LogP contribution in [0.2, 0.25) is 0 Å². The molecule has 3 rings (SSSR count). The molecule has 1 unspecified atom stereocenters. The van der Waals surface area contributed by atoms with E-state index in [4.69, 9.17) is 4.74 Å². The Bertz CT molecular complexity index is 415. The van der Waals surface area contributed by atoms with Crippen molar-refractivity contribution in [2.75, 3.05) is 26.2 Å². The van der Waals surface area contributed by atoms with Gasteiger partial charge in [0.05, 0.1) is 19.6 Å². The topological polar surface area (TPSA) is 26.3 Å². The standard InChI is InChI=1S/C25H48NO2/c1-3-4-5-6-7-8-9-10-11-12-13-14-15-16-19-26-20-17-24(18-21-26)25(22-26)28-23(2)27/h24-25H,3-22H2,1-2H3/q+1. The maximum atomic E-state index is 11.4. The Morgan fingerprint density at radius 2 is 1.25 bits per heavy atom. The average molecular weight is 395 g/mol. The molecule has 0 amide bonds. The van der Waals surface area contributed by atoms with Crippen molar-refractivity contribution < 1.29 is 14.0 Å². The second-order valence-corrected chi connectivity index (χ2v) is 9.78. The number of unbranched alkanes of at least 4 members (excludes halogenated alkanes) is 13. The smallest absolute Gasteiger partial charge is 0.303 e. The van der Waals surface area contributed by atoms with Gasteiger partial charge >= 0.3 is 5.97 Å². The molecule has 3 heteroatoms. The lowest BCUT2D eigenvalue weighted by molar-refractivity contribution is -0.946. The highest BCUT2D eigenvalue weighted by Crippen LogP contribution is 2.36. The predicted molar refractivity (Wildman–Crippen MR) is 118 cm³/mol. The van der Waals surface area contributed by atoms with E-state index in [0.717, 1.165) is 6.54 Å². The SMILES string of the molecule is CCCCCCCCCCCCCCCC[N+]12CCC(CC1)C(OC(C)=O)C2. The van der Waals surface area contributed by atoms with Crippen molar-refractivity contribution in [1.29, 1.82) is 0 Å². The molecule has 0 aliphatic carbocycles. The van der Waals surface area contributed by atoms with Gasteiger partial charge in [0.15, 0.2) is 6.10 Å². The number of piperidine rings is 3. The highest BCUT2D eigenvalue weighted by molar-refractivity contribution is 5.66. The largest absolute Gasteiger partial charge is 0.456 e. The van der Waals surface area contributed by atoms with Gasteiger partial charge < -0.3 is 9.22 Å². The minimum absolute atomic E-state index is 0.0895. The van der Waals surface area contributed by atoms with E-state index in [0.29, 0.717) is 5.92 Å². The predicted octanol–water partition coefficient (Wildman–Crippen LogP) is 6.64. The first-order valence-electron chi connectivity index (χ1n) is 12.7. The van der Waals surface area contributed by atoms with Crippen LogP contribution in [0.1, 0.15) is 117 Å². The van der Waals surface area contributed by atoms with Gasteiger partial charge in [-0.1, -0.05) is 84.0 Å². The summed E-state index contributed by atoms with van der Waals surface area (Å²) in [5, 5.41) is 0. The van der Waals surface area contributed by atoms with Crippen molar-refractivity contribution in [3.8, 4) is 0 Å². The van der Waals surface area contributed by atoms with Gasteiger partial charge in [-0.15, -0.1) is 0 Å². The summed E-state index contributed by atoms with van der Waals surface area (Å²) in [5.41, 5.74) is 0. The first-order valence-corrected chi connectivity index (χ1v) is 12.7. The molecule has 3 aliphatic rings. The monoisotopic (exact) mass is 394 g/mol. The molecule has 3 nitrogen and oxygen atoms in total. The molecule has 0 N–H and O–H groups in total. The minimum atomic E-state index is -0.0895. The number of esters is 1. The first-order chi connectivity index (χ1) is 13.7. The van der Waals surface area contributed by atoms with E-state index in [1.165, 1.54) is 127 Å². The summed E-state index contributed by atoms with van der Waals surface area (Å²) in [6, 6.07) is 0. The quantitative estimate of drug-likeness (QED) is 0.167. The highest BCUT2D eigenvalue weighted by atomic mass is 16.5. The second-order valence-electron chi connectivity index (χ2n) is 9.78. The number of nitrogens with zero attached hydrogens (tertiary/aromatic N) is 1. The Kier molecular flexibility index (Phi) is 11.5. The van der Waals surface area contributed by atoms with Crippen LogP contribution in [0, 0.1) is 5.92 Å². The third-order valence-corrected chi connectivity index (χ3v) is 7.34. The van der Waals surface area contributed by atoms with E-state index in [-0.39, 0.29) is 12.1 Å². The van der Waals surface area contributed by atoms with Gasteiger partial charge in [-0.3, -0.25) is 4.79 Å². The lowest BCUT2D eigenvalue weighted by atomic mass is 9.83. The van der Waals surface area contributed by atoms with Gasteiger partial charge in [-0.25, -0.2) is 0 Å². The molecule has 0 aromatic heterocycles. The molecule has 0 radical (unpaired) electrons. The van der Waals surface area contributed by atoms with Gasteiger partial charge in [0, 0.05) is 25.7 Å². The number of ether oxygens (including phenoxy) is 1. The van der Waals surface area contributed by atoms with Crippen LogP contribution < -0.4 is 0 Å². The fourth-order valence-corrected chi connectivity index (χ4v) is 5.52. The van der Waals surface area contributed by atoms with Crippen LogP contribution in [-0.2, 0) is 9.53 Å². The fraction of sp³-hybridized carbons (Fsp3) is 0.960. The molecular weight excluding hydrogens is 346 g/mol. The Morgan fingerprint density at radius 3 is 1.71 bits per heavy atom. The first kappa shape index (κ1) is 23.7. The van der Waals surface area contributed by atoms with Crippen LogP contribution in [0.3, 0.4) is 0 Å². The highest BCUT2D eigenvalue weighted by Gasteiger charge is 2.46. The average Bonchev–Trinajstić information content (AvgIpc) is 2.68. The lowest BCUT2D eigenvalue weighted by Crippen LogP contribution is -2.64. The Labute approximate surface area is 175 Å². The molecule has 3 saturated heterocycles. The molecular formula is C25H48NO2+. The summed E-state index contributed by atoms with van der Waals surface area (Å²) < 4.78 is 6.85. The van der Waals surface area contributed by atoms with E-state index in [1.807, 2.05) is 0 Å². The van der Waals surface area contributed by atoms with Crippen molar-refractivity contribution >= 4 is 5.97 Å². The minimum Gasteiger partial charge on any atom is -0.456 e. The number of fused-ring (bicyclic) bond motifs is 3. The van der Waals surface area contributed by atoms with Crippen molar-refractivity contribution in [2.45, 2.75) is 123 Å². The molecule has 3 heterocycles. The summed E-state index contributed by atoms with van der Waals surface area (Å²) >= 11 is 0. The van der Waals surface area contributed by atoms with Crippen LogP contribution in [0.5, 0.6) is 0 Å². The summed E-state index contributed by atoms with van der Waals surface area (Å²) in [4.78, 5) is 11.4. The Morgan fingerprint density at radius 1 is 0.786 bits per heavy atom. The maximum Gasteiger partial charge on any atom is 0.303 e. The summed E-state index contributed by atoms with van der Waals surface area (Å²) in [7, 11) is 0. The third kappa shape index (κ3) is 8.84. The Balaban J connectivity index is 1.42. The van der Waals surface area contributed by atoms with Crippen LogP contribution in [0.15, 0.2) is 0 Å². The van der Waals surface area contributed by atoms with Gasteiger partial charge in [-0.2, -0.15) is 0 Å². The molecule has 0 aromatic rings. The number of hydrogen-bond donors (Lipinski definition) is 0. The maximum absolute atomic E-state index is 11.4. The van der Waals surface area contributed by atoms with Crippen LogP contribution in [0.4, 0.5) is 0 Å². The van der Waals surface area contributed by atoms with Gasteiger partial charge in [0.1, 0.15) is 6.54 Å². The Hall–Kier alpha value is -0.570. The molecule has 164 valence electrons. The zero-order valence-electron chi connectivity index (χ0n) is 19.1. The van der Waals surface area contributed by atoms with Gasteiger partial charge in [0.25, 0.3) is 0 Å². The van der Waals surface area contributed by atoms with Crippen LogP contribution in [-0.4, -0.2) is 42.7 Å². The third-order valence-electron chi connectivity index (χ3n) is 7.34. The molecule has 3 aliphatic heterocycles. The molecule has 0 saturated carbocycles. The fourth-order valence-electron chi connectivity index (χ4n) is 5.52. The van der Waals surface area contributed by atoms with Gasteiger partial charge in [0.2, 0.25) is 0 Å². The van der Waals surface area contributed by atoms with Gasteiger partial charge in [-0.05, 0) is 12.8 Å². The summed E-state index contributed by atoms with van der Waals surface area (Å²) in [6.45, 7) is 8.89. The number of hydrogen-bond acceptors (Lipinski definition) is 2. The number of carbonyl (C=O) groups excluding carboxylic acids is 1. The molecule has 28 heavy (non-hydrogen) atoms. The van der Waals surface area contributed by atoms with E-state index in [1.54, 1.807) is 6.92 Å². The molecule has 2 bridgehead atoms. The van der Waals surface area contributed by atoms with E-state index in [9.17, 15) is 4.79 Å².